The SMILES string of the molecule is CC(=O)NC(=O)[C@H](CC1C=Nc2ccccc21)NC(=O)[C@H](C(C)C)N1CCC[C@H]1[C@H](O)[C@@H](O)[C@H](Cc1ccccc1)NC(=O)[C@@H](NC(=O)[C@H](Cc1c[nH]c2ccccc12)NC(C)=O)C(C)C. The van der Waals surface area contributed by atoms with E-state index in [1.807, 2.05) is 97.6 Å². The van der Waals surface area contributed by atoms with Gasteiger partial charge in [0.25, 0.3) is 0 Å². The number of H-pyrrole nitrogens is 1. The van der Waals surface area contributed by atoms with E-state index in [9.17, 15) is 39.0 Å². The number of para-hydroxylation sites is 2. The van der Waals surface area contributed by atoms with Crippen molar-refractivity contribution in [2.24, 2.45) is 16.8 Å². The zero-order valence-electron chi connectivity index (χ0n) is 38.5. The van der Waals surface area contributed by atoms with Crippen LogP contribution < -0.4 is 26.6 Å². The summed E-state index contributed by atoms with van der Waals surface area (Å²) in [7, 11) is 0. The summed E-state index contributed by atoms with van der Waals surface area (Å²) in [5.74, 6) is -4.29. The van der Waals surface area contributed by atoms with Gasteiger partial charge in [0.05, 0.1) is 23.9 Å². The lowest BCUT2D eigenvalue weighted by Gasteiger charge is -2.40. The number of aliphatic imine (C=N–C) groups is 1. The van der Waals surface area contributed by atoms with Crippen LogP contribution in [0.5, 0.6) is 0 Å². The highest BCUT2D eigenvalue weighted by Crippen LogP contribution is 2.35. The molecule has 1 aromatic heterocycles. The third-order valence-electron chi connectivity index (χ3n) is 12.6. The van der Waals surface area contributed by atoms with E-state index >= 15 is 0 Å². The van der Waals surface area contributed by atoms with Crippen LogP contribution in [0, 0.1) is 11.8 Å². The summed E-state index contributed by atoms with van der Waals surface area (Å²) in [6.45, 7) is 10.2. The van der Waals surface area contributed by atoms with E-state index in [-0.39, 0.29) is 31.1 Å². The minimum Gasteiger partial charge on any atom is -0.389 e. The van der Waals surface area contributed by atoms with Crippen molar-refractivity contribution in [3.63, 3.8) is 0 Å². The maximum absolute atomic E-state index is 14.4. The van der Waals surface area contributed by atoms with Crippen LogP contribution in [0.25, 0.3) is 10.9 Å². The minimum absolute atomic E-state index is 0.125. The predicted molar refractivity (Wildman–Crippen MR) is 252 cm³/mol. The van der Waals surface area contributed by atoms with Gasteiger partial charge in [0.15, 0.2) is 0 Å². The van der Waals surface area contributed by atoms with Crippen molar-refractivity contribution >= 4 is 58.2 Å². The standard InChI is InChI=1S/C50H64N8O8/c1-28(2)43(57-48(64)40(53-30(5)59)24-33-26-51-37-19-12-10-17-35(33)37)49(65)55-39(23-32-15-8-7-9-16-32)45(61)46(62)42-21-14-22-58(42)44(29(3)4)50(66)56-41(47(63)54-31(6)60)25-34-27-52-38-20-13-11-18-36(34)38/h7-13,15-20,26-29,34,39-46,51,61-62H,14,21-25H2,1-6H3,(H,53,59)(H,55,65)(H,56,66)(H,57,64)(H,54,60,63)/t34?,39-,40-,41-,42-,43-,44-,45-,46-/m0/s1. The zero-order valence-corrected chi connectivity index (χ0v) is 38.5. The van der Waals surface area contributed by atoms with E-state index in [1.54, 1.807) is 26.3 Å². The Labute approximate surface area is 385 Å². The highest BCUT2D eigenvalue weighted by Gasteiger charge is 2.45. The molecule has 2 aliphatic heterocycles. The van der Waals surface area contributed by atoms with Crippen molar-refractivity contribution in [2.75, 3.05) is 6.54 Å². The molecule has 6 rings (SSSR count). The Kier molecular flexibility index (Phi) is 16.6. The predicted octanol–water partition coefficient (Wildman–Crippen LogP) is 3.33. The Morgan fingerprint density at radius 3 is 2.14 bits per heavy atom. The third kappa shape index (κ3) is 12.2. The van der Waals surface area contributed by atoms with E-state index in [0.29, 0.717) is 19.4 Å². The number of hydrogen-bond donors (Lipinski definition) is 8. The molecule has 16 nitrogen and oxygen atoms in total. The van der Waals surface area contributed by atoms with Gasteiger partial charge < -0.3 is 36.5 Å². The first kappa shape index (κ1) is 49.2. The number of amides is 6. The van der Waals surface area contributed by atoms with Gasteiger partial charge in [0.1, 0.15) is 24.2 Å². The van der Waals surface area contributed by atoms with Gasteiger partial charge in [-0.25, -0.2) is 0 Å². The van der Waals surface area contributed by atoms with Crippen molar-refractivity contribution in [1.82, 2.24) is 36.5 Å². The molecule has 9 atom stereocenters. The molecule has 0 spiro atoms. The number of fused-ring (bicyclic) bond motifs is 2. The second-order valence-corrected chi connectivity index (χ2v) is 18.3. The van der Waals surface area contributed by atoms with E-state index in [4.69, 9.17) is 0 Å². The van der Waals surface area contributed by atoms with Gasteiger partial charge in [-0.15, -0.1) is 0 Å². The van der Waals surface area contributed by atoms with Crippen molar-refractivity contribution in [3.8, 4) is 0 Å². The molecule has 3 aromatic carbocycles. The number of hydrogen-bond acceptors (Lipinski definition) is 10. The number of imide groups is 1. The van der Waals surface area contributed by atoms with Crippen molar-refractivity contribution in [3.05, 3.63) is 102 Å². The molecule has 16 heteroatoms. The Hall–Kier alpha value is -6.23. The molecule has 0 saturated carbocycles. The monoisotopic (exact) mass is 904 g/mol. The third-order valence-corrected chi connectivity index (χ3v) is 12.6. The first-order valence-electron chi connectivity index (χ1n) is 22.9. The number of carbonyl (C=O) groups is 6. The molecule has 352 valence electrons. The number of aromatic nitrogens is 1. The van der Waals surface area contributed by atoms with Gasteiger partial charge in [-0.3, -0.25) is 44.0 Å². The summed E-state index contributed by atoms with van der Waals surface area (Å²) in [4.78, 5) is 90.1. The van der Waals surface area contributed by atoms with Gasteiger partial charge >= 0.3 is 0 Å². The number of nitrogens with one attached hydrogen (secondary N) is 6. The Morgan fingerprint density at radius 1 is 0.742 bits per heavy atom. The summed E-state index contributed by atoms with van der Waals surface area (Å²) >= 11 is 0. The number of aliphatic hydroxyl groups is 2. The number of rotatable bonds is 20. The smallest absolute Gasteiger partial charge is 0.249 e. The quantitative estimate of drug-likeness (QED) is 0.0649. The molecule has 8 N–H and O–H groups in total. The van der Waals surface area contributed by atoms with E-state index in [0.717, 1.165) is 33.3 Å². The molecule has 0 radical (unpaired) electrons. The molecular formula is C50H64N8O8. The van der Waals surface area contributed by atoms with Crippen LogP contribution in [0.2, 0.25) is 0 Å². The second-order valence-electron chi connectivity index (χ2n) is 18.3. The lowest BCUT2D eigenvalue weighted by Crippen LogP contribution is -2.62. The summed E-state index contributed by atoms with van der Waals surface area (Å²) in [6, 6.07) is 18.5. The van der Waals surface area contributed by atoms with E-state index < -0.39 is 89.8 Å². The molecule has 1 unspecified atom stereocenters. The minimum atomic E-state index is -1.54. The highest BCUT2D eigenvalue weighted by atomic mass is 16.3. The van der Waals surface area contributed by atoms with Gasteiger partial charge in [-0.05, 0) is 72.9 Å². The average molecular weight is 905 g/mol. The molecule has 6 amide bonds. The lowest BCUT2D eigenvalue weighted by molar-refractivity contribution is -0.137. The summed E-state index contributed by atoms with van der Waals surface area (Å²) in [5, 5.41) is 39.0. The number of likely N-dealkylation sites (tertiary alicyclic amines) is 1. The number of aliphatic hydroxyl groups excluding tert-OH is 2. The molecule has 3 heterocycles. The van der Waals surface area contributed by atoms with Crippen LogP contribution in [0.1, 0.15) is 83.4 Å². The number of benzene rings is 3. The molecular weight excluding hydrogens is 841 g/mol. The van der Waals surface area contributed by atoms with Crippen molar-refractivity contribution in [2.45, 2.75) is 128 Å². The first-order valence-corrected chi connectivity index (χ1v) is 22.9. The fourth-order valence-electron chi connectivity index (χ4n) is 9.35. The van der Waals surface area contributed by atoms with Crippen LogP contribution in [-0.2, 0) is 41.6 Å². The van der Waals surface area contributed by atoms with Gasteiger partial charge in [0, 0.05) is 55.5 Å². The second kappa shape index (κ2) is 22.3. The summed E-state index contributed by atoms with van der Waals surface area (Å²) in [5.41, 5.74) is 4.14. The topological polar surface area (TPSA) is 234 Å². The fraction of sp³-hybridized carbons (Fsp3) is 0.460. The maximum atomic E-state index is 14.4. The molecule has 0 bridgehead atoms. The Morgan fingerprint density at radius 2 is 1.44 bits per heavy atom. The van der Waals surface area contributed by atoms with Crippen LogP contribution in [0.3, 0.4) is 0 Å². The van der Waals surface area contributed by atoms with Crippen LogP contribution in [-0.4, -0.2) is 117 Å². The molecule has 66 heavy (non-hydrogen) atoms. The van der Waals surface area contributed by atoms with Gasteiger partial charge in [-0.1, -0.05) is 94.4 Å². The molecule has 1 fully saturated rings. The van der Waals surface area contributed by atoms with Crippen LogP contribution in [0.4, 0.5) is 5.69 Å². The van der Waals surface area contributed by atoms with E-state index in [2.05, 4.69) is 36.6 Å². The van der Waals surface area contributed by atoms with Gasteiger partial charge in [0.2, 0.25) is 35.4 Å². The molecule has 0 aliphatic carbocycles. The van der Waals surface area contributed by atoms with Crippen molar-refractivity contribution in [1.29, 1.82) is 0 Å². The normalized spacial score (nSPS) is 19.0. The average Bonchev–Trinajstić information content (AvgIpc) is 4.03. The van der Waals surface area contributed by atoms with Crippen LogP contribution >= 0.6 is 0 Å². The first-order chi connectivity index (χ1) is 31.5. The highest BCUT2D eigenvalue weighted by molar-refractivity contribution is 5.99. The fourth-order valence-corrected chi connectivity index (χ4v) is 9.35. The van der Waals surface area contributed by atoms with Gasteiger partial charge in [-0.2, -0.15) is 0 Å². The van der Waals surface area contributed by atoms with E-state index in [1.165, 1.54) is 13.8 Å². The zero-order chi connectivity index (χ0) is 47.7. The number of nitrogens with zero attached hydrogens (tertiary/aromatic N) is 2. The maximum Gasteiger partial charge on any atom is 0.249 e. The molecule has 1 saturated heterocycles. The molecule has 2 aliphatic rings. The molecule has 4 aromatic rings. The van der Waals surface area contributed by atoms with Crippen LogP contribution in [0.15, 0.2) is 90.1 Å². The Balaban J connectivity index is 1.20. The lowest BCUT2D eigenvalue weighted by atomic mass is 9.90. The largest absolute Gasteiger partial charge is 0.389 e. The summed E-state index contributed by atoms with van der Waals surface area (Å²) < 4.78 is 0. The number of aromatic amines is 1. The number of carbonyl (C=O) groups excluding carboxylic acids is 6. The summed E-state index contributed by atoms with van der Waals surface area (Å²) in [6.07, 6.45) is 1.99. The Bertz CT molecular complexity index is 2380. The van der Waals surface area contributed by atoms with Crippen molar-refractivity contribution < 1.29 is 39.0 Å².